The highest BCUT2D eigenvalue weighted by atomic mass is 16.5. The van der Waals surface area contributed by atoms with Gasteiger partial charge in [-0.05, 0) is 57.1 Å². The molecule has 2 aromatic rings. The average Bonchev–Trinajstić information content (AvgIpc) is 3.13. The van der Waals surface area contributed by atoms with Crippen molar-refractivity contribution in [1.29, 1.82) is 0 Å². The van der Waals surface area contributed by atoms with Gasteiger partial charge in [-0.2, -0.15) is 4.98 Å². The third kappa shape index (κ3) is 3.95. The maximum absolute atomic E-state index is 5.77. The zero-order valence-corrected chi connectivity index (χ0v) is 12.3. The summed E-state index contributed by atoms with van der Waals surface area (Å²) in [6.45, 7) is 6.05. The summed E-state index contributed by atoms with van der Waals surface area (Å²) in [5, 5.41) is 9.98. The van der Waals surface area contributed by atoms with Crippen LogP contribution in [0, 0.1) is 6.92 Å². The Labute approximate surface area is 124 Å². The van der Waals surface area contributed by atoms with Gasteiger partial charge in [-0.1, -0.05) is 0 Å². The number of nitrogens with one attached hydrogen (secondary N) is 2. The monoisotopic (exact) mass is 287 g/mol. The highest BCUT2D eigenvalue weighted by Gasteiger charge is 2.10. The molecular weight excluding hydrogens is 266 g/mol. The molecule has 0 aliphatic carbocycles. The van der Waals surface area contributed by atoms with Crippen molar-refractivity contribution < 1.29 is 4.74 Å². The minimum atomic E-state index is 0.579. The van der Waals surface area contributed by atoms with Crippen molar-refractivity contribution in [2.45, 2.75) is 19.8 Å². The summed E-state index contributed by atoms with van der Waals surface area (Å²) in [4.78, 5) is 6.65. The second-order valence-electron chi connectivity index (χ2n) is 5.29. The van der Waals surface area contributed by atoms with Crippen LogP contribution in [0.4, 0.5) is 11.6 Å². The molecule has 112 valence electrons. The van der Waals surface area contributed by atoms with E-state index in [1.807, 2.05) is 31.2 Å². The van der Waals surface area contributed by atoms with Crippen LogP contribution in [0.15, 0.2) is 24.3 Å². The number of nitrogens with zero attached hydrogens (tertiary/aromatic N) is 3. The second kappa shape index (κ2) is 6.58. The molecule has 21 heavy (non-hydrogen) atoms. The fourth-order valence-corrected chi connectivity index (χ4v) is 2.46. The van der Waals surface area contributed by atoms with Gasteiger partial charge in [0, 0.05) is 12.2 Å². The molecule has 1 aliphatic rings. The van der Waals surface area contributed by atoms with Crippen LogP contribution in [-0.4, -0.2) is 46.3 Å². The van der Waals surface area contributed by atoms with Gasteiger partial charge in [0.1, 0.15) is 18.2 Å². The summed E-state index contributed by atoms with van der Waals surface area (Å²) < 4.78 is 5.77. The summed E-state index contributed by atoms with van der Waals surface area (Å²) in [6.07, 6.45) is 2.64. The molecule has 0 bridgehead atoms. The molecule has 0 unspecified atom stereocenters. The van der Waals surface area contributed by atoms with E-state index in [1.165, 1.54) is 25.9 Å². The number of likely N-dealkylation sites (tertiary alicyclic amines) is 1. The SMILES string of the molecule is Cc1nc(Nc2ccc(OCCN3CCCC3)cc2)n[nH]1. The maximum atomic E-state index is 5.77. The Hall–Kier alpha value is -2.08. The van der Waals surface area contributed by atoms with Gasteiger partial charge in [0.25, 0.3) is 0 Å². The highest BCUT2D eigenvalue weighted by Crippen LogP contribution is 2.18. The van der Waals surface area contributed by atoms with E-state index in [2.05, 4.69) is 25.4 Å². The van der Waals surface area contributed by atoms with E-state index in [-0.39, 0.29) is 0 Å². The lowest BCUT2D eigenvalue weighted by molar-refractivity contribution is 0.238. The number of aromatic amines is 1. The third-order valence-electron chi connectivity index (χ3n) is 3.58. The van der Waals surface area contributed by atoms with Crippen LogP contribution in [0.5, 0.6) is 5.75 Å². The summed E-state index contributed by atoms with van der Waals surface area (Å²) in [5.41, 5.74) is 0.945. The van der Waals surface area contributed by atoms with Crippen molar-refractivity contribution in [2.75, 3.05) is 31.6 Å². The standard InChI is InChI=1S/C15H21N5O/c1-12-16-15(19-18-12)17-13-4-6-14(7-5-13)21-11-10-20-8-2-3-9-20/h4-7H,2-3,8-11H2,1H3,(H2,16,17,18,19). The number of aryl methyl sites for hydroxylation is 1. The van der Waals surface area contributed by atoms with Crippen LogP contribution in [0.25, 0.3) is 0 Å². The first kappa shape index (κ1) is 13.9. The van der Waals surface area contributed by atoms with Crippen LogP contribution in [-0.2, 0) is 0 Å². The van der Waals surface area contributed by atoms with Gasteiger partial charge >= 0.3 is 0 Å². The predicted octanol–water partition coefficient (Wildman–Crippen LogP) is 2.33. The molecule has 0 amide bonds. The Morgan fingerprint density at radius 2 is 2.00 bits per heavy atom. The average molecular weight is 287 g/mol. The van der Waals surface area contributed by atoms with Gasteiger partial charge < -0.3 is 10.1 Å². The van der Waals surface area contributed by atoms with E-state index in [4.69, 9.17) is 4.74 Å². The van der Waals surface area contributed by atoms with Gasteiger partial charge in [-0.3, -0.25) is 10.00 Å². The number of H-pyrrole nitrogens is 1. The molecule has 0 radical (unpaired) electrons. The zero-order chi connectivity index (χ0) is 14.5. The number of benzene rings is 1. The Bertz CT molecular complexity index is 560. The van der Waals surface area contributed by atoms with Crippen molar-refractivity contribution in [2.24, 2.45) is 0 Å². The smallest absolute Gasteiger partial charge is 0.246 e. The van der Waals surface area contributed by atoms with Crippen molar-refractivity contribution in [3.8, 4) is 5.75 Å². The minimum Gasteiger partial charge on any atom is -0.492 e. The third-order valence-corrected chi connectivity index (χ3v) is 3.58. The number of hydrogen-bond acceptors (Lipinski definition) is 5. The summed E-state index contributed by atoms with van der Waals surface area (Å²) >= 11 is 0. The van der Waals surface area contributed by atoms with Gasteiger partial charge in [0.2, 0.25) is 5.95 Å². The lowest BCUT2D eigenvalue weighted by Crippen LogP contribution is -2.25. The Balaban J connectivity index is 1.47. The largest absolute Gasteiger partial charge is 0.492 e. The van der Waals surface area contributed by atoms with E-state index in [9.17, 15) is 0 Å². The van der Waals surface area contributed by atoms with Crippen LogP contribution >= 0.6 is 0 Å². The van der Waals surface area contributed by atoms with E-state index in [1.54, 1.807) is 0 Å². The normalized spacial score (nSPS) is 15.3. The molecule has 0 spiro atoms. The van der Waals surface area contributed by atoms with E-state index < -0.39 is 0 Å². The van der Waals surface area contributed by atoms with Gasteiger partial charge in [-0.25, -0.2) is 0 Å². The van der Waals surface area contributed by atoms with Crippen molar-refractivity contribution >= 4 is 11.6 Å². The Morgan fingerprint density at radius 1 is 1.24 bits per heavy atom. The Kier molecular flexibility index (Phi) is 4.35. The van der Waals surface area contributed by atoms with E-state index >= 15 is 0 Å². The van der Waals surface area contributed by atoms with E-state index in [0.29, 0.717) is 5.95 Å². The first-order valence-electron chi connectivity index (χ1n) is 7.41. The number of aromatic nitrogens is 3. The van der Waals surface area contributed by atoms with Gasteiger partial charge in [-0.15, -0.1) is 5.10 Å². The molecule has 1 saturated heterocycles. The number of rotatable bonds is 6. The van der Waals surface area contributed by atoms with Gasteiger partial charge in [0.15, 0.2) is 0 Å². The van der Waals surface area contributed by atoms with Crippen LogP contribution in [0.1, 0.15) is 18.7 Å². The van der Waals surface area contributed by atoms with Crippen LogP contribution in [0.2, 0.25) is 0 Å². The number of hydrogen-bond donors (Lipinski definition) is 2. The predicted molar refractivity (Wildman–Crippen MR) is 82.0 cm³/mol. The molecule has 1 aromatic carbocycles. The molecule has 6 heteroatoms. The van der Waals surface area contributed by atoms with Crippen molar-refractivity contribution in [1.82, 2.24) is 20.1 Å². The highest BCUT2D eigenvalue weighted by molar-refractivity contribution is 5.54. The minimum absolute atomic E-state index is 0.579. The van der Waals surface area contributed by atoms with E-state index in [0.717, 1.165) is 30.4 Å². The molecule has 6 nitrogen and oxygen atoms in total. The molecule has 0 saturated carbocycles. The topological polar surface area (TPSA) is 66.1 Å². The molecule has 2 N–H and O–H groups in total. The lowest BCUT2D eigenvalue weighted by Gasteiger charge is -2.15. The summed E-state index contributed by atoms with van der Waals surface area (Å²) in [5.74, 6) is 2.26. The van der Waals surface area contributed by atoms with Gasteiger partial charge in [0.05, 0.1) is 0 Å². The summed E-state index contributed by atoms with van der Waals surface area (Å²) in [7, 11) is 0. The zero-order valence-electron chi connectivity index (χ0n) is 12.3. The van der Waals surface area contributed by atoms with Crippen LogP contribution < -0.4 is 10.1 Å². The molecule has 3 rings (SSSR count). The molecule has 0 atom stereocenters. The van der Waals surface area contributed by atoms with Crippen molar-refractivity contribution in [3.63, 3.8) is 0 Å². The quantitative estimate of drug-likeness (QED) is 0.853. The molecule has 1 fully saturated rings. The van der Waals surface area contributed by atoms with Crippen LogP contribution in [0.3, 0.4) is 0 Å². The Morgan fingerprint density at radius 3 is 2.67 bits per heavy atom. The molecule has 1 aliphatic heterocycles. The molecule has 1 aromatic heterocycles. The first-order chi connectivity index (χ1) is 10.3. The lowest BCUT2D eigenvalue weighted by atomic mass is 10.3. The fourth-order valence-electron chi connectivity index (χ4n) is 2.46. The fraction of sp³-hybridized carbons (Fsp3) is 0.467. The van der Waals surface area contributed by atoms with Crippen molar-refractivity contribution in [3.05, 3.63) is 30.1 Å². The second-order valence-corrected chi connectivity index (χ2v) is 5.29. The molecular formula is C15H21N5O. The maximum Gasteiger partial charge on any atom is 0.246 e. The summed E-state index contributed by atoms with van der Waals surface area (Å²) in [6, 6.07) is 7.87. The molecule has 2 heterocycles. The number of anilines is 2. The number of ether oxygens (including phenoxy) is 1. The first-order valence-corrected chi connectivity index (χ1v) is 7.41.